The number of nitrogens with one attached hydrogen (secondary N) is 2. The molecule has 0 fully saturated rings. The van der Waals surface area contributed by atoms with Gasteiger partial charge in [-0.1, -0.05) is 23.9 Å². The second-order valence-corrected chi connectivity index (χ2v) is 6.98. The average molecular weight is 331 g/mol. The summed E-state index contributed by atoms with van der Waals surface area (Å²) in [5.41, 5.74) is 0. The first kappa shape index (κ1) is 15.9. The number of carbonyl (C=O) groups excluding carboxylic acids is 1. The van der Waals surface area contributed by atoms with Gasteiger partial charge in [-0.05, 0) is 12.1 Å². The van der Waals surface area contributed by atoms with E-state index in [1.54, 1.807) is 0 Å². The molecule has 0 atom stereocenters. The van der Waals surface area contributed by atoms with Crippen LogP contribution in [-0.2, 0) is 14.8 Å². The molecule has 0 unspecified atom stereocenters. The van der Waals surface area contributed by atoms with Crippen LogP contribution in [0.3, 0.4) is 0 Å². The summed E-state index contributed by atoms with van der Waals surface area (Å²) in [6, 6.07) is 5.07. The van der Waals surface area contributed by atoms with Gasteiger partial charge in [0.1, 0.15) is 10.7 Å². The lowest BCUT2D eigenvalue weighted by atomic mass is 10.4. The minimum absolute atomic E-state index is 0.0484. The summed E-state index contributed by atoms with van der Waals surface area (Å²) in [6.07, 6.45) is -0.0484. The molecule has 9 heteroatoms. The van der Waals surface area contributed by atoms with Gasteiger partial charge in [0.05, 0.1) is 6.54 Å². The van der Waals surface area contributed by atoms with Crippen LogP contribution in [0.1, 0.15) is 6.42 Å². The Balaban J connectivity index is 1.85. The predicted molar refractivity (Wildman–Crippen MR) is 79.1 cm³/mol. The molecule has 1 aliphatic heterocycles. The Bertz CT molecular complexity index is 661. The number of aliphatic imine (C=N–C) groups is 1. The van der Waals surface area contributed by atoms with Crippen molar-refractivity contribution >= 4 is 32.9 Å². The molecule has 0 saturated carbocycles. The fraction of sp³-hybridized carbons (Fsp3) is 0.333. The second kappa shape index (κ2) is 7.01. The average Bonchev–Trinajstić information content (AvgIpc) is 2.91. The summed E-state index contributed by atoms with van der Waals surface area (Å²) in [5, 5.41) is 3.13. The van der Waals surface area contributed by atoms with Gasteiger partial charge in [0.15, 0.2) is 5.17 Å². The first-order chi connectivity index (χ1) is 9.99. The molecular formula is C12H14FN3O3S2. The molecule has 0 aromatic heterocycles. The van der Waals surface area contributed by atoms with Crippen LogP contribution < -0.4 is 10.0 Å². The number of carbonyl (C=O) groups is 1. The van der Waals surface area contributed by atoms with Crippen molar-refractivity contribution in [2.24, 2.45) is 4.99 Å². The number of amides is 1. The third-order valence-electron chi connectivity index (χ3n) is 2.60. The Kier molecular flexibility index (Phi) is 5.32. The highest BCUT2D eigenvalue weighted by Crippen LogP contribution is 2.13. The minimum Gasteiger partial charge on any atom is -0.305 e. The lowest BCUT2D eigenvalue weighted by Gasteiger charge is -2.07. The largest absolute Gasteiger partial charge is 0.305 e. The Morgan fingerprint density at radius 1 is 1.38 bits per heavy atom. The highest BCUT2D eigenvalue weighted by molar-refractivity contribution is 8.14. The smallest absolute Gasteiger partial charge is 0.243 e. The number of amidine groups is 1. The van der Waals surface area contributed by atoms with E-state index in [9.17, 15) is 17.6 Å². The number of halogens is 1. The van der Waals surface area contributed by atoms with Gasteiger partial charge in [-0.3, -0.25) is 9.79 Å². The van der Waals surface area contributed by atoms with Gasteiger partial charge in [0, 0.05) is 18.7 Å². The summed E-state index contributed by atoms with van der Waals surface area (Å²) in [4.78, 5) is 15.2. The van der Waals surface area contributed by atoms with Crippen molar-refractivity contribution in [1.82, 2.24) is 10.0 Å². The SMILES string of the molecule is O=C(CCNS(=O)(=O)c1ccccc1F)NC1=NCCS1. The van der Waals surface area contributed by atoms with Crippen LogP contribution in [-0.4, -0.2) is 38.3 Å². The molecule has 0 radical (unpaired) electrons. The quantitative estimate of drug-likeness (QED) is 0.832. The number of hydrogen-bond acceptors (Lipinski definition) is 5. The summed E-state index contributed by atoms with van der Waals surface area (Å²) in [7, 11) is -3.95. The molecule has 0 aliphatic carbocycles. The number of rotatable bonds is 5. The van der Waals surface area contributed by atoms with E-state index in [1.807, 2.05) is 0 Å². The number of sulfonamides is 1. The van der Waals surface area contributed by atoms with Crippen molar-refractivity contribution in [3.8, 4) is 0 Å². The molecule has 6 nitrogen and oxygen atoms in total. The van der Waals surface area contributed by atoms with E-state index >= 15 is 0 Å². The van der Waals surface area contributed by atoms with Gasteiger partial charge < -0.3 is 5.32 Å². The van der Waals surface area contributed by atoms with Crippen LogP contribution in [0.15, 0.2) is 34.2 Å². The number of thioether (sulfide) groups is 1. The summed E-state index contributed by atoms with van der Waals surface area (Å²) in [6.45, 7) is 0.556. The van der Waals surface area contributed by atoms with E-state index in [-0.39, 0.29) is 18.9 Å². The molecule has 0 bridgehead atoms. The van der Waals surface area contributed by atoms with Crippen molar-refractivity contribution in [1.29, 1.82) is 0 Å². The maximum absolute atomic E-state index is 13.4. The summed E-state index contributed by atoms with van der Waals surface area (Å²) < 4.78 is 39.4. The first-order valence-electron chi connectivity index (χ1n) is 6.20. The zero-order valence-corrected chi connectivity index (χ0v) is 12.6. The lowest BCUT2D eigenvalue weighted by molar-refractivity contribution is -0.119. The Hall–Kier alpha value is -1.45. The monoisotopic (exact) mass is 331 g/mol. The van der Waals surface area contributed by atoms with Crippen molar-refractivity contribution in [2.45, 2.75) is 11.3 Å². The van der Waals surface area contributed by atoms with Crippen molar-refractivity contribution < 1.29 is 17.6 Å². The molecule has 2 N–H and O–H groups in total. The fourth-order valence-corrected chi connectivity index (χ4v) is 3.49. The number of hydrogen-bond donors (Lipinski definition) is 2. The van der Waals surface area contributed by atoms with Gasteiger partial charge in [-0.2, -0.15) is 0 Å². The minimum atomic E-state index is -3.95. The fourth-order valence-electron chi connectivity index (χ4n) is 1.63. The maximum atomic E-state index is 13.4. The zero-order chi connectivity index (χ0) is 15.3. The van der Waals surface area contributed by atoms with E-state index < -0.39 is 20.7 Å². The first-order valence-corrected chi connectivity index (χ1v) is 8.67. The third-order valence-corrected chi connectivity index (χ3v) is 4.99. The number of benzene rings is 1. The zero-order valence-electron chi connectivity index (χ0n) is 11.0. The van der Waals surface area contributed by atoms with E-state index in [2.05, 4.69) is 15.0 Å². The van der Waals surface area contributed by atoms with E-state index in [4.69, 9.17) is 0 Å². The Labute approximate surface area is 126 Å². The molecule has 1 aromatic carbocycles. The van der Waals surface area contributed by atoms with Crippen LogP contribution in [0.25, 0.3) is 0 Å². The Morgan fingerprint density at radius 3 is 2.81 bits per heavy atom. The standard InChI is InChI=1S/C12H14FN3O3S2/c13-9-3-1-2-4-10(9)21(18,19)15-6-5-11(17)16-12-14-7-8-20-12/h1-4,15H,5-8H2,(H,14,16,17). The van der Waals surface area contributed by atoms with Gasteiger partial charge >= 0.3 is 0 Å². The molecule has 0 spiro atoms. The molecule has 2 rings (SSSR count). The van der Waals surface area contributed by atoms with Crippen LogP contribution in [0.5, 0.6) is 0 Å². The van der Waals surface area contributed by atoms with Gasteiger partial charge in [0.2, 0.25) is 15.9 Å². The highest BCUT2D eigenvalue weighted by atomic mass is 32.2. The van der Waals surface area contributed by atoms with E-state index in [1.165, 1.54) is 30.0 Å². The molecule has 21 heavy (non-hydrogen) atoms. The van der Waals surface area contributed by atoms with Crippen molar-refractivity contribution in [3.63, 3.8) is 0 Å². The topological polar surface area (TPSA) is 87.6 Å². The maximum Gasteiger partial charge on any atom is 0.243 e. The van der Waals surface area contributed by atoms with Gasteiger partial charge in [-0.25, -0.2) is 17.5 Å². The van der Waals surface area contributed by atoms with Gasteiger partial charge in [-0.15, -0.1) is 0 Å². The second-order valence-electron chi connectivity index (χ2n) is 4.16. The van der Waals surface area contributed by atoms with Crippen LogP contribution >= 0.6 is 11.8 Å². The molecule has 1 heterocycles. The molecule has 1 amide bonds. The molecule has 1 aromatic rings. The van der Waals surface area contributed by atoms with Crippen LogP contribution in [0, 0.1) is 5.82 Å². The predicted octanol–water partition coefficient (Wildman–Crippen LogP) is 0.713. The molecule has 114 valence electrons. The summed E-state index contributed by atoms with van der Waals surface area (Å²) >= 11 is 1.44. The third kappa shape index (κ3) is 4.51. The molecule has 1 aliphatic rings. The normalized spacial score (nSPS) is 14.8. The van der Waals surface area contributed by atoms with Crippen LogP contribution in [0.2, 0.25) is 0 Å². The lowest BCUT2D eigenvalue weighted by Crippen LogP contribution is -2.32. The van der Waals surface area contributed by atoms with E-state index in [0.717, 1.165) is 11.8 Å². The number of nitrogens with zero attached hydrogens (tertiary/aromatic N) is 1. The Morgan fingerprint density at radius 2 is 2.14 bits per heavy atom. The van der Waals surface area contributed by atoms with Crippen molar-refractivity contribution in [3.05, 3.63) is 30.1 Å². The van der Waals surface area contributed by atoms with Gasteiger partial charge in [0.25, 0.3) is 0 Å². The summed E-state index contributed by atoms with van der Waals surface area (Å²) in [5.74, 6) is -0.333. The van der Waals surface area contributed by atoms with Crippen LogP contribution in [0.4, 0.5) is 4.39 Å². The molecule has 0 saturated heterocycles. The molecular weight excluding hydrogens is 317 g/mol. The van der Waals surface area contributed by atoms with E-state index in [0.29, 0.717) is 11.7 Å². The highest BCUT2D eigenvalue weighted by Gasteiger charge is 2.18. The van der Waals surface area contributed by atoms with Crippen molar-refractivity contribution in [2.75, 3.05) is 18.8 Å².